The number of halogens is 1. The van der Waals surface area contributed by atoms with Crippen LogP contribution in [0.15, 0.2) is 28.7 Å². The summed E-state index contributed by atoms with van der Waals surface area (Å²) in [5, 5.41) is 2.95. The molecule has 0 bridgehead atoms. The lowest BCUT2D eigenvalue weighted by Gasteiger charge is -2.11. The van der Waals surface area contributed by atoms with E-state index in [9.17, 15) is 4.79 Å². The van der Waals surface area contributed by atoms with Crippen molar-refractivity contribution in [3.63, 3.8) is 0 Å². The van der Waals surface area contributed by atoms with Crippen LogP contribution in [0.5, 0.6) is 0 Å². The van der Waals surface area contributed by atoms with Crippen molar-refractivity contribution in [1.82, 2.24) is 14.9 Å². The van der Waals surface area contributed by atoms with E-state index in [1.54, 1.807) is 0 Å². The Morgan fingerprint density at radius 2 is 2.00 bits per heavy atom. The third kappa shape index (κ3) is 3.02. The largest absolute Gasteiger partial charge is 0.345 e. The zero-order valence-corrected chi connectivity index (χ0v) is 13.6. The van der Waals surface area contributed by atoms with Crippen molar-refractivity contribution in [3.8, 4) is 0 Å². The molecule has 1 aliphatic carbocycles. The van der Waals surface area contributed by atoms with Crippen molar-refractivity contribution in [2.24, 2.45) is 7.05 Å². The van der Waals surface area contributed by atoms with Gasteiger partial charge in [-0.15, -0.1) is 0 Å². The molecule has 0 aliphatic heterocycles. The Labute approximate surface area is 132 Å². The van der Waals surface area contributed by atoms with Gasteiger partial charge >= 0.3 is 0 Å². The zero-order valence-electron chi connectivity index (χ0n) is 12.0. The van der Waals surface area contributed by atoms with E-state index in [-0.39, 0.29) is 5.91 Å². The Balaban J connectivity index is 1.69. The normalized spacial score (nSPS) is 13.8. The van der Waals surface area contributed by atoms with Crippen LogP contribution in [0.4, 0.5) is 0 Å². The smallest absolute Gasteiger partial charge is 0.251 e. The van der Waals surface area contributed by atoms with Gasteiger partial charge in [0.15, 0.2) is 0 Å². The second kappa shape index (κ2) is 6.02. The van der Waals surface area contributed by atoms with Crippen molar-refractivity contribution in [2.45, 2.75) is 32.2 Å². The molecule has 0 radical (unpaired) electrons. The van der Waals surface area contributed by atoms with Crippen LogP contribution in [0.25, 0.3) is 0 Å². The molecule has 1 aliphatic rings. The molecule has 110 valence electrons. The maximum atomic E-state index is 12.1. The summed E-state index contributed by atoms with van der Waals surface area (Å²) >= 11 is 3.37. The number of fused-ring (bicyclic) bond motifs is 1. The van der Waals surface area contributed by atoms with Crippen LogP contribution in [0, 0.1) is 0 Å². The molecule has 5 heteroatoms. The fraction of sp³-hybridized carbons (Fsp3) is 0.375. The van der Waals surface area contributed by atoms with Crippen molar-refractivity contribution >= 4 is 21.8 Å². The lowest BCUT2D eigenvalue weighted by molar-refractivity contribution is 0.0949. The van der Waals surface area contributed by atoms with E-state index in [0.29, 0.717) is 12.1 Å². The van der Waals surface area contributed by atoms with Gasteiger partial charge in [-0.25, -0.2) is 4.98 Å². The number of carbonyl (C=O) groups is 1. The van der Waals surface area contributed by atoms with Gasteiger partial charge in [0.05, 0.1) is 12.2 Å². The van der Waals surface area contributed by atoms with E-state index >= 15 is 0 Å². The monoisotopic (exact) mass is 347 g/mol. The average molecular weight is 348 g/mol. The van der Waals surface area contributed by atoms with Gasteiger partial charge in [-0.1, -0.05) is 15.9 Å². The van der Waals surface area contributed by atoms with Crippen LogP contribution in [0.1, 0.15) is 40.4 Å². The molecule has 0 fully saturated rings. The number of benzene rings is 1. The van der Waals surface area contributed by atoms with Crippen molar-refractivity contribution in [2.75, 3.05) is 0 Å². The van der Waals surface area contributed by atoms with Gasteiger partial charge in [0.25, 0.3) is 5.91 Å². The zero-order chi connectivity index (χ0) is 14.8. The summed E-state index contributed by atoms with van der Waals surface area (Å²) in [6, 6.07) is 7.36. The van der Waals surface area contributed by atoms with Gasteiger partial charge in [0.1, 0.15) is 5.82 Å². The second-order valence-corrected chi connectivity index (χ2v) is 6.29. The molecule has 0 atom stereocenters. The van der Waals surface area contributed by atoms with Crippen molar-refractivity contribution in [3.05, 3.63) is 51.5 Å². The number of nitrogens with one attached hydrogen (secondary N) is 1. The topological polar surface area (TPSA) is 46.9 Å². The van der Waals surface area contributed by atoms with E-state index in [0.717, 1.165) is 23.1 Å². The van der Waals surface area contributed by atoms with E-state index in [4.69, 9.17) is 0 Å². The summed E-state index contributed by atoms with van der Waals surface area (Å²) in [4.78, 5) is 16.8. The van der Waals surface area contributed by atoms with Crippen LogP contribution in [-0.4, -0.2) is 15.5 Å². The summed E-state index contributed by atoms with van der Waals surface area (Å²) in [6.45, 7) is 0.471. The number of carbonyl (C=O) groups excluding carboxylic acids is 1. The number of nitrogens with zero attached hydrogens (tertiary/aromatic N) is 2. The van der Waals surface area contributed by atoms with Crippen LogP contribution >= 0.6 is 15.9 Å². The number of rotatable bonds is 3. The van der Waals surface area contributed by atoms with Gasteiger partial charge in [-0.3, -0.25) is 4.79 Å². The van der Waals surface area contributed by atoms with Crippen LogP contribution < -0.4 is 5.32 Å². The molecule has 1 aromatic carbocycles. The Kier molecular flexibility index (Phi) is 4.10. The van der Waals surface area contributed by atoms with Gasteiger partial charge in [0.2, 0.25) is 0 Å². The number of amides is 1. The number of hydrogen-bond acceptors (Lipinski definition) is 2. The minimum atomic E-state index is -0.0662. The van der Waals surface area contributed by atoms with Gasteiger partial charge < -0.3 is 9.88 Å². The first-order valence-corrected chi connectivity index (χ1v) is 8.01. The first-order valence-electron chi connectivity index (χ1n) is 7.22. The number of hydrogen-bond donors (Lipinski definition) is 1. The summed E-state index contributed by atoms with van der Waals surface area (Å²) in [5.41, 5.74) is 3.20. The highest BCUT2D eigenvalue weighted by Crippen LogP contribution is 2.21. The van der Waals surface area contributed by atoms with E-state index < -0.39 is 0 Å². The van der Waals surface area contributed by atoms with E-state index in [1.807, 2.05) is 31.3 Å². The molecule has 1 aromatic heterocycles. The predicted octanol–water partition coefficient (Wildman–Crippen LogP) is 2.99. The third-order valence-corrected chi connectivity index (χ3v) is 4.51. The van der Waals surface area contributed by atoms with Gasteiger partial charge in [-0.05, 0) is 49.9 Å². The molecule has 0 saturated heterocycles. The Morgan fingerprint density at radius 3 is 2.71 bits per heavy atom. The van der Waals surface area contributed by atoms with Gasteiger partial charge in [-0.2, -0.15) is 0 Å². The maximum Gasteiger partial charge on any atom is 0.251 e. The minimum Gasteiger partial charge on any atom is -0.345 e. The Morgan fingerprint density at radius 1 is 1.29 bits per heavy atom. The quantitative estimate of drug-likeness (QED) is 0.927. The molecular weight excluding hydrogens is 330 g/mol. The predicted molar refractivity (Wildman–Crippen MR) is 85.2 cm³/mol. The van der Waals surface area contributed by atoms with Gasteiger partial charge in [0, 0.05) is 22.8 Å². The minimum absolute atomic E-state index is 0.0662. The molecule has 0 unspecified atom stereocenters. The fourth-order valence-electron chi connectivity index (χ4n) is 2.76. The number of aryl methyl sites for hydroxylation is 1. The number of imidazole rings is 1. The molecule has 21 heavy (non-hydrogen) atoms. The first kappa shape index (κ1) is 14.3. The number of aromatic nitrogens is 2. The van der Waals surface area contributed by atoms with Crippen LogP contribution in [0.3, 0.4) is 0 Å². The molecule has 3 rings (SSSR count). The molecule has 1 N–H and O–H groups in total. The molecule has 0 saturated carbocycles. The van der Waals surface area contributed by atoms with E-state index in [1.165, 1.54) is 24.2 Å². The lowest BCUT2D eigenvalue weighted by Crippen LogP contribution is -2.24. The fourth-order valence-corrected chi connectivity index (χ4v) is 3.03. The van der Waals surface area contributed by atoms with Crippen LogP contribution in [0.2, 0.25) is 0 Å². The summed E-state index contributed by atoms with van der Waals surface area (Å²) in [5.74, 6) is 0.871. The molecule has 4 nitrogen and oxygen atoms in total. The lowest BCUT2D eigenvalue weighted by atomic mass is 10.0. The maximum absolute atomic E-state index is 12.1. The molecule has 0 spiro atoms. The Hall–Kier alpha value is -1.62. The first-order chi connectivity index (χ1) is 10.1. The van der Waals surface area contributed by atoms with Crippen molar-refractivity contribution in [1.29, 1.82) is 0 Å². The van der Waals surface area contributed by atoms with Crippen molar-refractivity contribution < 1.29 is 4.79 Å². The second-order valence-electron chi connectivity index (χ2n) is 5.38. The molecule has 1 heterocycles. The molecule has 1 amide bonds. The summed E-state index contributed by atoms with van der Waals surface area (Å²) in [7, 11) is 2.04. The van der Waals surface area contributed by atoms with Crippen LogP contribution in [-0.2, 0) is 26.4 Å². The standard InChI is InChI=1S/C16H18BrN3O/c1-20-14-5-3-2-4-13(14)19-15(20)10-18-16(21)11-6-8-12(17)9-7-11/h6-9H,2-5,10H2,1H3,(H,18,21). The highest BCUT2D eigenvalue weighted by atomic mass is 79.9. The van der Waals surface area contributed by atoms with E-state index in [2.05, 4.69) is 30.8 Å². The third-order valence-electron chi connectivity index (χ3n) is 3.98. The SMILES string of the molecule is Cn1c(CNC(=O)c2ccc(Br)cc2)nc2c1CCCC2. The summed E-state index contributed by atoms with van der Waals surface area (Å²) in [6.07, 6.45) is 4.61. The average Bonchev–Trinajstić information content (AvgIpc) is 2.82. The molecule has 2 aromatic rings. The highest BCUT2D eigenvalue weighted by Gasteiger charge is 2.18. The highest BCUT2D eigenvalue weighted by molar-refractivity contribution is 9.10. The summed E-state index contributed by atoms with van der Waals surface area (Å²) < 4.78 is 3.10. The molecular formula is C16H18BrN3O. The Bertz CT molecular complexity index is 661.